The van der Waals surface area contributed by atoms with Crippen molar-refractivity contribution >= 4 is 11.9 Å². The third kappa shape index (κ3) is 6.73. The van der Waals surface area contributed by atoms with Crippen LogP contribution in [0.1, 0.15) is 31.9 Å². The van der Waals surface area contributed by atoms with Gasteiger partial charge in [0.15, 0.2) is 0 Å². The summed E-state index contributed by atoms with van der Waals surface area (Å²) in [6.45, 7) is 1.71. The number of hydrogen-bond acceptors (Lipinski definition) is 5. The summed E-state index contributed by atoms with van der Waals surface area (Å²) in [7, 11) is 0. The molecule has 0 radical (unpaired) electrons. The molecule has 1 saturated carbocycles. The molecule has 1 aliphatic carbocycles. The summed E-state index contributed by atoms with van der Waals surface area (Å²) in [5, 5.41) is 19.8. The summed E-state index contributed by atoms with van der Waals surface area (Å²) in [5.41, 5.74) is 5.68. The van der Waals surface area contributed by atoms with Gasteiger partial charge in [0, 0.05) is 31.8 Å². The molecule has 124 valence electrons. The van der Waals surface area contributed by atoms with Crippen molar-refractivity contribution in [2.24, 2.45) is 11.7 Å². The number of nitrogens with two attached hydrogens (primary N) is 1. The lowest BCUT2D eigenvalue weighted by Crippen LogP contribution is -2.31. The molecule has 0 bridgehead atoms. The number of aliphatic hydroxyl groups is 1. The Balaban J connectivity index is 0.000000541. The zero-order valence-corrected chi connectivity index (χ0v) is 12.7. The summed E-state index contributed by atoms with van der Waals surface area (Å²) in [5.74, 6) is -0.0392. The van der Waals surface area contributed by atoms with Gasteiger partial charge >= 0.3 is 0 Å². The summed E-state index contributed by atoms with van der Waals surface area (Å²) >= 11 is 0. The number of hydrogen-bond donors (Lipinski definition) is 4. The minimum absolute atomic E-state index is 0.00134. The van der Waals surface area contributed by atoms with Crippen LogP contribution < -0.4 is 11.1 Å². The van der Waals surface area contributed by atoms with Crippen molar-refractivity contribution in [3.8, 4) is 0 Å². The van der Waals surface area contributed by atoms with E-state index in [1.807, 2.05) is 12.1 Å². The number of carboxylic acid groups (broad SMARTS) is 1. The fourth-order valence-electron chi connectivity index (χ4n) is 2.34. The Bertz CT molecular complexity index is 447. The lowest BCUT2D eigenvalue weighted by molar-refractivity contribution is -0.134. The highest BCUT2D eigenvalue weighted by molar-refractivity contribution is 5.79. The quantitative estimate of drug-likeness (QED) is 0.587. The van der Waals surface area contributed by atoms with Crippen molar-refractivity contribution in [2.75, 3.05) is 6.54 Å². The first-order valence-corrected chi connectivity index (χ1v) is 7.33. The summed E-state index contributed by atoms with van der Waals surface area (Å²) in [6.07, 6.45) is 3.83. The Hall–Kier alpha value is -1.86. The number of aryl methyl sites for hydroxylation is 1. The number of furan rings is 1. The Kier molecular flexibility index (Phi) is 7.62. The summed E-state index contributed by atoms with van der Waals surface area (Å²) in [4.78, 5) is 20.8. The van der Waals surface area contributed by atoms with Crippen LogP contribution >= 0.6 is 0 Å². The Morgan fingerprint density at radius 3 is 2.64 bits per heavy atom. The van der Waals surface area contributed by atoms with E-state index in [2.05, 4.69) is 5.32 Å². The molecule has 0 spiro atoms. The van der Waals surface area contributed by atoms with Crippen LogP contribution in [0.3, 0.4) is 0 Å². The molecule has 7 nitrogen and oxygen atoms in total. The van der Waals surface area contributed by atoms with Crippen molar-refractivity contribution in [3.63, 3.8) is 0 Å². The second kappa shape index (κ2) is 9.22. The van der Waals surface area contributed by atoms with Crippen LogP contribution in [0.4, 0.5) is 0 Å². The van der Waals surface area contributed by atoms with E-state index in [-0.39, 0.29) is 17.9 Å². The molecule has 0 aliphatic heterocycles. The van der Waals surface area contributed by atoms with Crippen molar-refractivity contribution in [3.05, 3.63) is 24.2 Å². The Morgan fingerprint density at radius 1 is 1.45 bits per heavy atom. The van der Waals surface area contributed by atoms with Gasteiger partial charge in [0.2, 0.25) is 5.91 Å². The van der Waals surface area contributed by atoms with Gasteiger partial charge in [0.25, 0.3) is 5.97 Å². The lowest BCUT2D eigenvalue weighted by Gasteiger charge is -2.09. The molecule has 0 aromatic carbocycles. The highest BCUT2D eigenvalue weighted by atomic mass is 16.4. The maximum atomic E-state index is 11.8. The molecule has 1 aromatic heterocycles. The second-order valence-corrected chi connectivity index (χ2v) is 5.39. The highest BCUT2D eigenvalue weighted by Crippen LogP contribution is 2.24. The van der Waals surface area contributed by atoms with Crippen LogP contribution in [-0.4, -0.2) is 40.8 Å². The molecule has 1 fully saturated rings. The van der Waals surface area contributed by atoms with E-state index in [1.165, 1.54) is 0 Å². The SMILES string of the molecule is CC(=O)O.N[C@@H]1C[C@H](C(=O)NCCCc2ccco2)C[C@H]1O. The first kappa shape index (κ1) is 18.2. The van der Waals surface area contributed by atoms with Crippen LogP contribution in [0.25, 0.3) is 0 Å². The average Bonchev–Trinajstić information content (AvgIpc) is 3.05. The number of carboxylic acids is 1. The van der Waals surface area contributed by atoms with E-state index in [1.54, 1.807) is 6.26 Å². The molecule has 0 saturated heterocycles. The van der Waals surface area contributed by atoms with E-state index in [0.717, 1.165) is 25.5 Å². The van der Waals surface area contributed by atoms with Gasteiger partial charge < -0.3 is 25.7 Å². The number of carbonyl (C=O) groups excluding carboxylic acids is 1. The Morgan fingerprint density at radius 2 is 2.14 bits per heavy atom. The first-order valence-electron chi connectivity index (χ1n) is 7.33. The van der Waals surface area contributed by atoms with Crippen LogP contribution in [0, 0.1) is 5.92 Å². The number of nitrogens with one attached hydrogen (secondary N) is 1. The molecular formula is C15H24N2O5. The van der Waals surface area contributed by atoms with Crippen LogP contribution in [-0.2, 0) is 16.0 Å². The molecule has 1 amide bonds. The van der Waals surface area contributed by atoms with E-state index >= 15 is 0 Å². The highest BCUT2D eigenvalue weighted by Gasteiger charge is 2.34. The average molecular weight is 312 g/mol. The molecule has 3 atom stereocenters. The van der Waals surface area contributed by atoms with Gasteiger partial charge in [-0.3, -0.25) is 9.59 Å². The van der Waals surface area contributed by atoms with Gasteiger partial charge in [-0.05, 0) is 31.4 Å². The molecule has 1 aromatic rings. The second-order valence-electron chi connectivity index (χ2n) is 5.39. The zero-order valence-electron chi connectivity index (χ0n) is 12.7. The topological polar surface area (TPSA) is 126 Å². The van der Waals surface area contributed by atoms with Crippen LogP contribution in [0.2, 0.25) is 0 Å². The molecule has 1 aliphatic rings. The van der Waals surface area contributed by atoms with Gasteiger partial charge in [-0.2, -0.15) is 0 Å². The van der Waals surface area contributed by atoms with Gasteiger partial charge in [-0.1, -0.05) is 0 Å². The minimum Gasteiger partial charge on any atom is -0.481 e. The van der Waals surface area contributed by atoms with E-state index in [9.17, 15) is 9.90 Å². The summed E-state index contributed by atoms with van der Waals surface area (Å²) in [6, 6.07) is 3.52. The fraction of sp³-hybridized carbons (Fsp3) is 0.600. The molecular weight excluding hydrogens is 288 g/mol. The number of rotatable bonds is 5. The molecule has 22 heavy (non-hydrogen) atoms. The van der Waals surface area contributed by atoms with E-state index in [4.69, 9.17) is 20.1 Å². The number of carbonyl (C=O) groups is 2. The monoisotopic (exact) mass is 312 g/mol. The maximum absolute atomic E-state index is 11.8. The normalized spacial score (nSPS) is 23.5. The largest absolute Gasteiger partial charge is 0.481 e. The smallest absolute Gasteiger partial charge is 0.300 e. The van der Waals surface area contributed by atoms with Gasteiger partial charge in [-0.25, -0.2) is 0 Å². The van der Waals surface area contributed by atoms with Crippen LogP contribution in [0.5, 0.6) is 0 Å². The third-order valence-electron chi connectivity index (χ3n) is 3.43. The molecule has 7 heteroatoms. The number of aliphatic hydroxyl groups excluding tert-OH is 1. The predicted molar refractivity (Wildman–Crippen MR) is 80.1 cm³/mol. The molecule has 0 unspecified atom stereocenters. The molecule has 2 rings (SSSR count). The Labute approximate surface area is 129 Å². The maximum Gasteiger partial charge on any atom is 0.300 e. The van der Waals surface area contributed by atoms with Crippen molar-refractivity contribution < 1.29 is 24.2 Å². The number of aliphatic carboxylic acids is 1. The van der Waals surface area contributed by atoms with E-state index < -0.39 is 12.1 Å². The van der Waals surface area contributed by atoms with Crippen molar-refractivity contribution in [1.82, 2.24) is 5.32 Å². The summed E-state index contributed by atoms with van der Waals surface area (Å²) < 4.78 is 5.21. The van der Waals surface area contributed by atoms with Gasteiger partial charge in [0.1, 0.15) is 5.76 Å². The van der Waals surface area contributed by atoms with Gasteiger partial charge in [-0.15, -0.1) is 0 Å². The zero-order chi connectivity index (χ0) is 16.5. The lowest BCUT2D eigenvalue weighted by atomic mass is 10.1. The fourth-order valence-corrected chi connectivity index (χ4v) is 2.34. The molecule has 5 N–H and O–H groups in total. The standard InChI is InChI=1S/C13H20N2O3.C2H4O2/c14-11-7-9(8-12(11)16)13(17)15-5-1-3-10-4-2-6-18-10;1-2(3)4/h2,4,6,9,11-12,16H,1,3,5,7-8,14H2,(H,15,17);1H3,(H,3,4)/t9-,11+,12+;/m0./s1. The third-order valence-corrected chi connectivity index (χ3v) is 3.43. The minimum atomic E-state index is -0.833. The first-order chi connectivity index (χ1) is 10.4. The van der Waals surface area contributed by atoms with Crippen molar-refractivity contribution in [2.45, 2.75) is 44.8 Å². The van der Waals surface area contributed by atoms with Crippen LogP contribution in [0.15, 0.2) is 22.8 Å². The van der Waals surface area contributed by atoms with E-state index in [0.29, 0.717) is 19.4 Å². The number of amides is 1. The van der Waals surface area contributed by atoms with Gasteiger partial charge in [0.05, 0.1) is 12.4 Å². The van der Waals surface area contributed by atoms with Crippen molar-refractivity contribution in [1.29, 1.82) is 0 Å². The molecule has 1 heterocycles. The predicted octanol–water partition coefficient (Wildman–Crippen LogP) is 0.518.